The zero-order chi connectivity index (χ0) is 13.5. The molecule has 3 rings (SSSR count). The summed E-state index contributed by atoms with van der Waals surface area (Å²) in [4.78, 5) is 5.88. The summed E-state index contributed by atoms with van der Waals surface area (Å²) in [5.74, 6) is 0.798. The van der Waals surface area contributed by atoms with Gasteiger partial charge in [-0.05, 0) is 43.7 Å². The fraction of sp³-hybridized carbons (Fsp3) is 0.500. The van der Waals surface area contributed by atoms with Crippen LogP contribution in [-0.2, 0) is 5.54 Å². The molecule has 0 amide bonds. The van der Waals surface area contributed by atoms with Gasteiger partial charge in [0, 0.05) is 5.38 Å². The van der Waals surface area contributed by atoms with Crippen LogP contribution in [0, 0.1) is 5.92 Å². The lowest BCUT2D eigenvalue weighted by Gasteiger charge is -2.34. The Kier molecular flexibility index (Phi) is 3.69. The van der Waals surface area contributed by atoms with E-state index >= 15 is 0 Å². The molecule has 1 fully saturated rings. The number of halogens is 1. The third-order valence-electron chi connectivity index (χ3n) is 3.92. The molecule has 0 aromatic carbocycles. The van der Waals surface area contributed by atoms with Gasteiger partial charge in [0.1, 0.15) is 5.01 Å². The van der Waals surface area contributed by atoms with Crippen molar-refractivity contribution >= 4 is 34.3 Å². The molecule has 0 bridgehead atoms. The summed E-state index contributed by atoms with van der Waals surface area (Å²) in [7, 11) is 0. The quantitative estimate of drug-likeness (QED) is 0.857. The third-order valence-corrected chi connectivity index (χ3v) is 6.24. The average Bonchev–Trinajstić information content (AvgIpc) is 3.02. The van der Waals surface area contributed by atoms with E-state index in [-0.39, 0.29) is 5.54 Å². The summed E-state index contributed by atoms with van der Waals surface area (Å²) in [5, 5.41) is 3.18. The molecule has 0 saturated heterocycles. The molecule has 1 saturated carbocycles. The van der Waals surface area contributed by atoms with Gasteiger partial charge in [0.25, 0.3) is 0 Å². The van der Waals surface area contributed by atoms with E-state index in [0.717, 1.165) is 38.7 Å². The lowest BCUT2D eigenvalue weighted by atomic mass is 9.78. The number of nitrogens with zero attached hydrogens (tertiary/aromatic N) is 1. The van der Waals surface area contributed by atoms with Crippen LogP contribution in [0.3, 0.4) is 0 Å². The molecule has 1 aliphatic carbocycles. The van der Waals surface area contributed by atoms with Crippen molar-refractivity contribution < 1.29 is 0 Å². The van der Waals surface area contributed by atoms with Gasteiger partial charge in [0.05, 0.1) is 20.4 Å². The Hall–Kier alpha value is -0.420. The van der Waals surface area contributed by atoms with E-state index in [4.69, 9.17) is 22.3 Å². The maximum absolute atomic E-state index is 6.56. The number of aromatic nitrogens is 1. The molecule has 2 N–H and O–H groups in total. The van der Waals surface area contributed by atoms with Crippen LogP contribution in [-0.4, -0.2) is 4.98 Å². The fourth-order valence-electron chi connectivity index (χ4n) is 2.56. The Balaban J connectivity index is 1.85. The van der Waals surface area contributed by atoms with Gasteiger partial charge in [-0.2, -0.15) is 0 Å². The highest BCUT2D eigenvalue weighted by atomic mass is 35.5. The SMILES string of the molecule is CC1CCC(N)(c2nc(-c3ccc(Cl)s3)cs2)CC1. The first kappa shape index (κ1) is 13.6. The number of nitrogens with two attached hydrogens (primary N) is 1. The summed E-state index contributed by atoms with van der Waals surface area (Å²) >= 11 is 9.24. The van der Waals surface area contributed by atoms with Gasteiger partial charge in [-0.3, -0.25) is 0 Å². The molecule has 0 unspecified atom stereocenters. The molecule has 2 nitrogen and oxygen atoms in total. The van der Waals surface area contributed by atoms with Gasteiger partial charge in [0.2, 0.25) is 0 Å². The lowest BCUT2D eigenvalue weighted by Crippen LogP contribution is -2.40. The molecule has 2 aromatic rings. The summed E-state index contributed by atoms with van der Waals surface area (Å²) in [6.07, 6.45) is 4.51. The Morgan fingerprint density at radius 1 is 1.37 bits per heavy atom. The highest BCUT2D eigenvalue weighted by Gasteiger charge is 2.34. The van der Waals surface area contributed by atoms with E-state index < -0.39 is 0 Å². The zero-order valence-electron chi connectivity index (χ0n) is 10.9. The van der Waals surface area contributed by atoms with Crippen molar-refractivity contribution in [1.29, 1.82) is 0 Å². The van der Waals surface area contributed by atoms with Crippen molar-refractivity contribution in [2.24, 2.45) is 11.7 Å². The Labute approximate surface area is 126 Å². The summed E-state index contributed by atoms with van der Waals surface area (Å²) in [6, 6.07) is 3.94. The first-order valence-electron chi connectivity index (χ1n) is 6.57. The van der Waals surface area contributed by atoms with Gasteiger partial charge in [-0.25, -0.2) is 4.98 Å². The number of thiophene rings is 1. The summed E-state index contributed by atoms with van der Waals surface area (Å²) < 4.78 is 0.804. The van der Waals surface area contributed by atoms with Crippen LogP contribution in [0.15, 0.2) is 17.5 Å². The molecule has 5 heteroatoms. The predicted octanol–water partition coefficient (Wildman–Crippen LogP) is 4.89. The first-order valence-corrected chi connectivity index (χ1v) is 8.65. The average molecular weight is 313 g/mol. The highest BCUT2D eigenvalue weighted by Crippen LogP contribution is 2.40. The van der Waals surface area contributed by atoms with E-state index in [1.165, 1.54) is 12.8 Å². The molecular formula is C14H17ClN2S2. The Morgan fingerprint density at radius 2 is 2.11 bits per heavy atom. The summed E-state index contributed by atoms with van der Waals surface area (Å²) in [6.45, 7) is 2.31. The molecule has 0 atom stereocenters. The normalized spacial score (nSPS) is 27.6. The van der Waals surface area contributed by atoms with Crippen molar-refractivity contribution in [3.63, 3.8) is 0 Å². The third kappa shape index (κ3) is 2.72. The second-order valence-corrected chi connectivity index (χ2v) is 8.05. The monoisotopic (exact) mass is 312 g/mol. The van der Waals surface area contributed by atoms with Crippen molar-refractivity contribution in [2.45, 2.75) is 38.1 Å². The molecule has 2 heterocycles. The molecule has 0 aliphatic heterocycles. The molecule has 0 radical (unpaired) electrons. The largest absolute Gasteiger partial charge is 0.319 e. The van der Waals surface area contributed by atoms with Gasteiger partial charge < -0.3 is 5.73 Å². The van der Waals surface area contributed by atoms with Gasteiger partial charge in [0.15, 0.2) is 0 Å². The van der Waals surface area contributed by atoms with Gasteiger partial charge >= 0.3 is 0 Å². The maximum atomic E-state index is 6.56. The summed E-state index contributed by atoms with van der Waals surface area (Å²) in [5.41, 5.74) is 7.37. The molecule has 1 aliphatic rings. The van der Waals surface area contributed by atoms with Crippen molar-refractivity contribution in [3.05, 3.63) is 26.9 Å². The van der Waals surface area contributed by atoms with Crippen LogP contribution in [0.2, 0.25) is 4.34 Å². The van der Waals surface area contributed by atoms with Gasteiger partial charge in [-0.15, -0.1) is 22.7 Å². The van der Waals surface area contributed by atoms with Crippen LogP contribution in [0.4, 0.5) is 0 Å². The van der Waals surface area contributed by atoms with Crippen LogP contribution >= 0.6 is 34.3 Å². The smallest absolute Gasteiger partial charge is 0.113 e. The van der Waals surface area contributed by atoms with E-state index in [2.05, 4.69) is 12.3 Å². The number of hydrogen-bond acceptors (Lipinski definition) is 4. The number of thiazole rings is 1. The van der Waals surface area contributed by atoms with Crippen molar-refractivity contribution in [2.75, 3.05) is 0 Å². The van der Waals surface area contributed by atoms with E-state index in [1.54, 1.807) is 22.7 Å². The van der Waals surface area contributed by atoms with Crippen LogP contribution in [0.25, 0.3) is 10.6 Å². The fourth-order valence-corrected chi connectivity index (χ4v) is 4.63. The molecule has 102 valence electrons. The number of rotatable bonds is 2. The van der Waals surface area contributed by atoms with Crippen molar-refractivity contribution in [3.8, 4) is 10.6 Å². The molecule has 0 spiro atoms. The first-order chi connectivity index (χ1) is 9.07. The van der Waals surface area contributed by atoms with Crippen molar-refractivity contribution in [1.82, 2.24) is 4.98 Å². The van der Waals surface area contributed by atoms with Crippen LogP contribution in [0.1, 0.15) is 37.6 Å². The highest BCUT2D eigenvalue weighted by molar-refractivity contribution is 7.19. The van der Waals surface area contributed by atoms with E-state index in [9.17, 15) is 0 Å². The molecule has 2 aromatic heterocycles. The molecular weight excluding hydrogens is 296 g/mol. The van der Waals surface area contributed by atoms with E-state index in [1.807, 2.05) is 12.1 Å². The topological polar surface area (TPSA) is 38.9 Å². The van der Waals surface area contributed by atoms with Gasteiger partial charge in [-0.1, -0.05) is 18.5 Å². The van der Waals surface area contributed by atoms with Crippen LogP contribution < -0.4 is 5.73 Å². The second-order valence-electron chi connectivity index (χ2n) is 5.48. The minimum Gasteiger partial charge on any atom is -0.319 e. The lowest BCUT2D eigenvalue weighted by molar-refractivity contribution is 0.247. The van der Waals surface area contributed by atoms with E-state index in [0.29, 0.717) is 0 Å². The standard InChI is InChI=1S/C14H17ClN2S2/c1-9-4-6-14(16,7-5-9)13-17-10(8-18-13)11-2-3-12(15)19-11/h2-3,8-9H,4-7,16H2,1H3. The number of hydrogen-bond donors (Lipinski definition) is 1. The van der Waals surface area contributed by atoms with Crippen LogP contribution in [0.5, 0.6) is 0 Å². The molecule has 19 heavy (non-hydrogen) atoms. The maximum Gasteiger partial charge on any atom is 0.113 e. The Morgan fingerprint density at radius 3 is 2.74 bits per heavy atom. The minimum absolute atomic E-state index is 0.212. The zero-order valence-corrected chi connectivity index (χ0v) is 13.2. The Bertz CT molecular complexity index is 568. The minimum atomic E-state index is -0.212. The second kappa shape index (κ2) is 5.17. The predicted molar refractivity (Wildman–Crippen MR) is 83.9 cm³/mol.